The Morgan fingerprint density at radius 2 is 1.77 bits per heavy atom. The first-order valence-electron chi connectivity index (χ1n) is 8.53. The molecule has 5 heteroatoms. The molecule has 2 aliphatic rings. The van der Waals surface area contributed by atoms with Crippen LogP contribution in [-0.2, 0) is 14.3 Å². The van der Waals surface area contributed by atoms with Crippen molar-refractivity contribution in [1.82, 2.24) is 5.32 Å². The molecule has 1 saturated heterocycles. The van der Waals surface area contributed by atoms with Crippen LogP contribution in [0.15, 0.2) is 0 Å². The Bertz CT molecular complexity index is 393. The predicted octanol–water partition coefficient (Wildman–Crippen LogP) is 2.59. The van der Waals surface area contributed by atoms with E-state index in [-0.39, 0.29) is 18.2 Å². The van der Waals surface area contributed by atoms with Crippen molar-refractivity contribution in [2.45, 2.75) is 64.3 Å². The van der Waals surface area contributed by atoms with Gasteiger partial charge in [-0.25, -0.2) is 0 Å². The minimum atomic E-state index is -0.856. The average Bonchev–Trinajstić information content (AvgIpc) is 2.47. The number of ether oxygens (including phenoxy) is 1. The lowest BCUT2D eigenvalue weighted by atomic mass is 9.76. The van der Waals surface area contributed by atoms with Gasteiger partial charge in [-0.15, -0.1) is 0 Å². The molecule has 1 aliphatic carbocycles. The van der Waals surface area contributed by atoms with Crippen LogP contribution in [0.4, 0.5) is 0 Å². The van der Waals surface area contributed by atoms with E-state index in [2.05, 4.69) is 19.2 Å². The highest BCUT2D eigenvalue weighted by molar-refractivity contribution is 5.80. The van der Waals surface area contributed by atoms with Gasteiger partial charge in [-0.2, -0.15) is 0 Å². The number of amides is 1. The Balaban J connectivity index is 1.92. The number of rotatable bonds is 5. The largest absolute Gasteiger partial charge is 0.481 e. The van der Waals surface area contributed by atoms with Crippen LogP contribution in [0.3, 0.4) is 0 Å². The van der Waals surface area contributed by atoms with Crippen LogP contribution in [-0.4, -0.2) is 35.7 Å². The zero-order chi connectivity index (χ0) is 16.2. The number of aliphatic carboxylic acids is 1. The molecular weight excluding hydrogens is 282 g/mol. The number of nitrogens with one attached hydrogen (secondary N) is 1. The fourth-order valence-electron chi connectivity index (χ4n) is 3.81. The molecule has 0 aromatic rings. The van der Waals surface area contributed by atoms with E-state index < -0.39 is 11.5 Å². The van der Waals surface area contributed by atoms with Crippen LogP contribution in [0.2, 0.25) is 0 Å². The first kappa shape index (κ1) is 17.3. The Labute approximate surface area is 132 Å². The van der Waals surface area contributed by atoms with Gasteiger partial charge in [0.15, 0.2) is 0 Å². The highest BCUT2D eigenvalue weighted by Gasteiger charge is 2.38. The lowest BCUT2D eigenvalue weighted by Gasteiger charge is -2.39. The molecule has 2 rings (SSSR count). The van der Waals surface area contributed by atoms with E-state index in [0.717, 1.165) is 31.6 Å². The molecule has 0 aromatic heterocycles. The van der Waals surface area contributed by atoms with E-state index in [4.69, 9.17) is 9.84 Å². The van der Waals surface area contributed by atoms with Gasteiger partial charge < -0.3 is 15.2 Å². The van der Waals surface area contributed by atoms with E-state index in [1.807, 2.05) is 0 Å². The minimum absolute atomic E-state index is 0.0105. The summed E-state index contributed by atoms with van der Waals surface area (Å²) in [7, 11) is 0. The van der Waals surface area contributed by atoms with Gasteiger partial charge in [0.2, 0.25) is 5.91 Å². The summed E-state index contributed by atoms with van der Waals surface area (Å²) in [6, 6.07) is 0. The summed E-state index contributed by atoms with van der Waals surface area (Å²) in [5, 5.41) is 12.2. The number of carbonyl (C=O) groups excluding carboxylic acids is 1. The molecule has 22 heavy (non-hydrogen) atoms. The fraction of sp³-hybridized carbons (Fsp3) is 0.882. The summed E-state index contributed by atoms with van der Waals surface area (Å²) < 4.78 is 5.33. The summed E-state index contributed by atoms with van der Waals surface area (Å²) in [4.78, 5) is 23.7. The van der Waals surface area contributed by atoms with Crippen LogP contribution in [0.5, 0.6) is 0 Å². The number of carbonyl (C=O) groups is 2. The summed E-state index contributed by atoms with van der Waals surface area (Å²) >= 11 is 0. The van der Waals surface area contributed by atoms with Crippen molar-refractivity contribution in [3.05, 3.63) is 0 Å². The van der Waals surface area contributed by atoms with Gasteiger partial charge in [0.1, 0.15) is 0 Å². The number of carboxylic acid groups (broad SMARTS) is 1. The molecule has 0 atom stereocenters. The maximum absolute atomic E-state index is 12.6. The molecule has 0 aromatic carbocycles. The third-order valence-corrected chi connectivity index (χ3v) is 5.41. The van der Waals surface area contributed by atoms with Gasteiger partial charge in [0.05, 0.1) is 12.0 Å². The topological polar surface area (TPSA) is 75.6 Å². The molecule has 1 saturated carbocycles. The lowest BCUT2D eigenvalue weighted by molar-refractivity contribution is -0.141. The monoisotopic (exact) mass is 311 g/mol. The van der Waals surface area contributed by atoms with Crippen molar-refractivity contribution in [2.75, 3.05) is 13.2 Å². The van der Waals surface area contributed by atoms with Gasteiger partial charge >= 0.3 is 5.97 Å². The Morgan fingerprint density at radius 1 is 1.18 bits per heavy atom. The SMILES string of the molecule is CC(C)C1CCC(C(=O)NC2(CC(=O)O)CCOCC2)CC1. The smallest absolute Gasteiger partial charge is 0.305 e. The molecule has 1 amide bonds. The third kappa shape index (κ3) is 4.45. The lowest BCUT2D eigenvalue weighted by Crippen LogP contribution is -2.55. The summed E-state index contributed by atoms with van der Waals surface area (Å²) in [5.74, 6) is 0.637. The maximum Gasteiger partial charge on any atom is 0.305 e. The molecule has 0 radical (unpaired) electrons. The highest BCUT2D eigenvalue weighted by Crippen LogP contribution is 2.34. The Hall–Kier alpha value is -1.10. The number of carboxylic acids is 1. The second kappa shape index (κ2) is 7.44. The first-order chi connectivity index (χ1) is 10.4. The maximum atomic E-state index is 12.6. The Kier molecular flexibility index (Phi) is 5.84. The van der Waals surface area contributed by atoms with Crippen LogP contribution < -0.4 is 5.32 Å². The summed E-state index contributed by atoms with van der Waals surface area (Å²) in [6.45, 7) is 5.53. The molecule has 126 valence electrons. The minimum Gasteiger partial charge on any atom is -0.481 e. The zero-order valence-electron chi connectivity index (χ0n) is 13.8. The molecule has 2 N–H and O–H groups in total. The molecular formula is C17H29NO4. The van der Waals surface area contributed by atoms with Crippen molar-refractivity contribution in [3.8, 4) is 0 Å². The van der Waals surface area contributed by atoms with Crippen LogP contribution in [0, 0.1) is 17.8 Å². The van der Waals surface area contributed by atoms with E-state index in [0.29, 0.717) is 32.0 Å². The molecule has 1 heterocycles. The highest BCUT2D eigenvalue weighted by atomic mass is 16.5. The van der Waals surface area contributed by atoms with Crippen molar-refractivity contribution in [3.63, 3.8) is 0 Å². The van der Waals surface area contributed by atoms with Crippen molar-refractivity contribution < 1.29 is 19.4 Å². The normalized spacial score (nSPS) is 28.3. The quantitative estimate of drug-likeness (QED) is 0.818. The van der Waals surface area contributed by atoms with E-state index in [1.165, 1.54) is 0 Å². The standard InChI is InChI=1S/C17H29NO4/c1-12(2)13-3-5-14(6-4-13)16(21)18-17(11-15(19)20)7-9-22-10-8-17/h12-14H,3-11H2,1-2H3,(H,18,21)(H,19,20). The molecule has 0 spiro atoms. The van der Waals surface area contributed by atoms with Crippen LogP contribution >= 0.6 is 0 Å². The van der Waals surface area contributed by atoms with Crippen molar-refractivity contribution in [1.29, 1.82) is 0 Å². The van der Waals surface area contributed by atoms with E-state index in [9.17, 15) is 9.59 Å². The van der Waals surface area contributed by atoms with E-state index in [1.54, 1.807) is 0 Å². The second-order valence-electron chi connectivity index (χ2n) is 7.31. The van der Waals surface area contributed by atoms with Gasteiger partial charge in [-0.05, 0) is 50.4 Å². The molecule has 2 fully saturated rings. The van der Waals surface area contributed by atoms with Crippen molar-refractivity contribution >= 4 is 11.9 Å². The average molecular weight is 311 g/mol. The van der Waals surface area contributed by atoms with Gasteiger partial charge in [0, 0.05) is 19.1 Å². The summed E-state index contributed by atoms with van der Waals surface area (Å²) in [5.41, 5.74) is -0.615. The number of hydrogen-bond donors (Lipinski definition) is 2. The van der Waals surface area contributed by atoms with Gasteiger partial charge in [-0.1, -0.05) is 13.8 Å². The fourth-order valence-corrected chi connectivity index (χ4v) is 3.81. The predicted molar refractivity (Wildman–Crippen MR) is 83.5 cm³/mol. The molecule has 0 bridgehead atoms. The van der Waals surface area contributed by atoms with Crippen LogP contribution in [0.1, 0.15) is 58.8 Å². The van der Waals surface area contributed by atoms with E-state index >= 15 is 0 Å². The number of hydrogen-bond acceptors (Lipinski definition) is 3. The Morgan fingerprint density at radius 3 is 2.27 bits per heavy atom. The molecule has 0 unspecified atom stereocenters. The zero-order valence-corrected chi connectivity index (χ0v) is 13.8. The first-order valence-corrected chi connectivity index (χ1v) is 8.53. The van der Waals surface area contributed by atoms with Crippen LogP contribution in [0.25, 0.3) is 0 Å². The van der Waals surface area contributed by atoms with Crippen molar-refractivity contribution in [2.24, 2.45) is 17.8 Å². The molecule has 5 nitrogen and oxygen atoms in total. The van der Waals surface area contributed by atoms with Gasteiger partial charge in [0.25, 0.3) is 0 Å². The third-order valence-electron chi connectivity index (χ3n) is 5.41. The second-order valence-corrected chi connectivity index (χ2v) is 7.31. The molecule has 1 aliphatic heterocycles. The summed E-state index contributed by atoms with van der Waals surface area (Å²) in [6.07, 6.45) is 5.22. The van der Waals surface area contributed by atoms with Gasteiger partial charge in [-0.3, -0.25) is 9.59 Å².